The Morgan fingerprint density at radius 3 is 2.72 bits per heavy atom. The fourth-order valence-electron chi connectivity index (χ4n) is 3.53. The fraction of sp³-hybridized carbons (Fsp3) is 0.400. The molecule has 0 aliphatic carbocycles. The van der Waals surface area contributed by atoms with Crippen molar-refractivity contribution in [3.05, 3.63) is 52.9 Å². The molecule has 2 aromatic rings. The largest absolute Gasteiger partial charge is 0.325 e. The monoisotopic (exact) mass is 354 g/mol. The molecule has 3 rings (SSSR count). The van der Waals surface area contributed by atoms with Crippen molar-refractivity contribution < 1.29 is 9.69 Å². The lowest BCUT2D eigenvalue weighted by Crippen LogP contribution is -3.17. The molecule has 5 heteroatoms. The third kappa shape index (κ3) is 4.47. The number of likely N-dealkylation sites (tertiary alicyclic amines) is 1. The summed E-state index contributed by atoms with van der Waals surface area (Å²) < 4.78 is 0. The molecule has 0 spiro atoms. The molecule has 1 amide bonds. The second kappa shape index (κ2) is 8.28. The summed E-state index contributed by atoms with van der Waals surface area (Å²) in [4.78, 5) is 13.9. The lowest BCUT2D eigenvalue weighted by molar-refractivity contribution is -0.919. The van der Waals surface area contributed by atoms with E-state index in [1.54, 1.807) is 6.07 Å². The molecule has 1 fully saturated rings. The Hall–Kier alpha value is -2.16. The molecule has 25 heavy (non-hydrogen) atoms. The fourth-order valence-corrected chi connectivity index (χ4v) is 4.27. The number of nitriles is 1. The van der Waals surface area contributed by atoms with Crippen molar-refractivity contribution >= 4 is 22.2 Å². The van der Waals surface area contributed by atoms with Crippen LogP contribution in [0.2, 0.25) is 0 Å². The number of nitrogens with one attached hydrogen (secondary N) is 2. The zero-order valence-electron chi connectivity index (χ0n) is 14.5. The Bertz CT molecular complexity index is 742. The molecule has 1 aliphatic rings. The van der Waals surface area contributed by atoms with E-state index in [2.05, 4.69) is 41.7 Å². The number of rotatable bonds is 5. The molecule has 2 heterocycles. The molecule has 0 unspecified atom stereocenters. The number of amides is 1. The van der Waals surface area contributed by atoms with Gasteiger partial charge in [-0.05, 0) is 49.1 Å². The molecule has 1 saturated heterocycles. The van der Waals surface area contributed by atoms with Gasteiger partial charge in [0.05, 0.1) is 18.7 Å². The maximum atomic E-state index is 12.5. The van der Waals surface area contributed by atoms with Crippen molar-refractivity contribution in [2.45, 2.75) is 32.2 Å². The molecule has 1 atom stereocenters. The number of benzene rings is 1. The molecular weight excluding hydrogens is 330 g/mol. The van der Waals surface area contributed by atoms with Crippen molar-refractivity contribution in [1.29, 1.82) is 5.26 Å². The van der Waals surface area contributed by atoms with Gasteiger partial charge < -0.3 is 10.2 Å². The van der Waals surface area contributed by atoms with Crippen LogP contribution in [0.1, 0.15) is 30.9 Å². The number of carbonyl (C=O) groups is 1. The van der Waals surface area contributed by atoms with E-state index in [1.807, 2.05) is 12.3 Å². The third-order valence-corrected chi connectivity index (χ3v) is 5.97. The summed E-state index contributed by atoms with van der Waals surface area (Å²) in [6.07, 6.45) is 3.45. The van der Waals surface area contributed by atoms with Crippen LogP contribution in [-0.4, -0.2) is 25.0 Å². The maximum Gasteiger partial charge on any atom is 0.283 e. The Kier molecular flexibility index (Phi) is 5.85. The summed E-state index contributed by atoms with van der Waals surface area (Å²) >= 11 is 1.40. The minimum Gasteiger partial charge on any atom is -0.325 e. The van der Waals surface area contributed by atoms with Gasteiger partial charge in [0.1, 0.15) is 11.1 Å². The number of carbonyl (C=O) groups excluding carboxylic acids is 1. The molecule has 130 valence electrons. The average molecular weight is 354 g/mol. The Morgan fingerprint density at radius 2 is 2.04 bits per heavy atom. The van der Waals surface area contributed by atoms with Crippen LogP contribution in [0.15, 0.2) is 41.8 Å². The van der Waals surface area contributed by atoms with E-state index >= 15 is 0 Å². The second-order valence-electron chi connectivity index (χ2n) is 6.78. The molecule has 1 aromatic heterocycles. The van der Waals surface area contributed by atoms with Gasteiger partial charge in [-0.2, -0.15) is 5.26 Å². The van der Waals surface area contributed by atoms with Crippen molar-refractivity contribution in [1.82, 2.24) is 0 Å². The lowest BCUT2D eigenvalue weighted by Gasteiger charge is -2.32. The van der Waals surface area contributed by atoms with Gasteiger partial charge in [-0.15, -0.1) is 11.3 Å². The van der Waals surface area contributed by atoms with Crippen LogP contribution in [0.25, 0.3) is 0 Å². The topological polar surface area (TPSA) is 57.3 Å². The summed E-state index contributed by atoms with van der Waals surface area (Å²) in [7, 11) is 0. The average Bonchev–Trinajstić information content (AvgIpc) is 3.09. The normalized spacial score (nSPS) is 21.3. The quantitative estimate of drug-likeness (QED) is 0.867. The molecule has 0 saturated carbocycles. The van der Waals surface area contributed by atoms with Crippen LogP contribution in [0.4, 0.5) is 5.00 Å². The predicted molar refractivity (Wildman–Crippen MR) is 101 cm³/mol. The SMILES string of the molecule is C[C@H](C(=O)Nc1sccc1C#N)[NH+]1CCC(Cc2ccccc2)CC1. The van der Waals surface area contributed by atoms with Crippen molar-refractivity contribution in [3.8, 4) is 6.07 Å². The summed E-state index contributed by atoms with van der Waals surface area (Å²) in [5.74, 6) is 0.722. The van der Waals surface area contributed by atoms with E-state index in [1.165, 1.54) is 21.8 Å². The van der Waals surface area contributed by atoms with Crippen LogP contribution in [0, 0.1) is 17.2 Å². The summed E-state index contributed by atoms with van der Waals surface area (Å²) in [6.45, 7) is 4.05. The number of quaternary nitrogens is 1. The minimum absolute atomic E-state index is 0.00968. The first-order valence-electron chi connectivity index (χ1n) is 8.84. The zero-order chi connectivity index (χ0) is 17.6. The number of nitrogens with zero attached hydrogens (tertiary/aromatic N) is 1. The van der Waals surface area contributed by atoms with Crippen molar-refractivity contribution in [2.24, 2.45) is 5.92 Å². The molecule has 4 nitrogen and oxygen atoms in total. The summed E-state index contributed by atoms with van der Waals surface area (Å²) in [5, 5.41) is 14.5. The number of thiophene rings is 1. The first kappa shape index (κ1) is 17.7. The molecule has 1 aliphatic heterocycles. The highest BCUT2D eigenvalue weighted by molar-refractivity contribution is 7.14. The van der Waals surface area contributed by atoms with Gasteiger partial charge in [0.25, 0.3) is 5.91 Å². The number of hydrogen-bond donors (Lipinski definition) is 2. The smallest absolute Gasteiger partial charge is 0.283 e. The van der Waals surface area contributed by atoms with E-state index < -0.39 is 0 Å². The molecular formula is C20H24N3OS+. The molecule has 2 N–H and O–H groups in total. The van der Waals surface area contributed by atoms with Crippen molar-refractivity contribution in [3.63, 3.8) is 0 Å². The van der Waals surface area contributed by atoms with Gasteiger partial charge in [-0.1, -0.05) is 30.3 Å². The first-order valence-corrected chi connectivity index (χ1v) is 9.72. The van der Waals surface area contributed by atoms with Crippen LogP contribution in [0.5, 0.6) is 0 Å². The standard InChI is InChI=1S/C20H23N3OS/c1-15(19(24)22-20-18(14-21)9-12-25-20)23-10-7-17(8-11-23)13-16-5-3-2-4-6-16/h2-6,9,12,15,17H,7-8,10-11,13H2,1H3,(H,22,24)/p+1/t15-/m1/s1. The van der Waals surface area contributed by atoms with Crippen LogP contribution < -0.4 is 10.2 Å². The predicted octanol–water partition coefficient (Wildman–Crippen LogP) is 2.48. The van der Waals surface area contributed by atoms with E-state index in [0.717, 1.165) is 32.4 Å². The summed E-state index contributed by atoms with van der Waals surface area (Å²) in [5.41, 5.74) is 1.95. The van der Waals surface area contributed by atoms with E-state index in [4.69, 9.17) is 5.26 Å². The molecule has 1 aromatic carbocycles. The third-order valence-electron chi connectivity index (χ3n) is 5.14. The van der Waals surface area contributed by atoms with E-state index in [-0.39, 0.29) is 11.9 Å². The van der Waals surface area contributed by atoms with Gasteiger partial charge in [0.2, 0.25) is 0 Å². The van der Waals surface area contributed by atoms with Gasteiger partial charge in [0, 0.05) is 0 Å². The Morgan fingerprint density at radius 1 is 1.32 bits per heavy atom. The summed E-state index contributed by atoms with van der Waals surface area (Å²) in [6, 6.07) is 14.4. The Labute approximate surface area is 153 Å². The number of hydrogen-bond acceptors (Lipinski definition) is 3. The van der Waals surface area contributed by atoms with Gasteiger partial charge in [-0.3, -0.25) is 4.79 Å². The molecule has 0 radical (unpaired) electrons. The van der Waals surface area contributed by atoms with Crippen LogP contribution in [-0.2, 0) is 11.2 Å². The van der Waals surface area contributed by atoms with E-state index in [9.17, 15) is 4.79 Å². The second-order valence-corrected chi connectivity index (χ2v) is 7.69. The van der Waals surface area contributed by atoms with Gasteiger partial charge in [0.15, 0.2) is 6.04 Å². The van der Waals surface area contributed by atoms with Crippen molar-refractivity contribution in [2.75, 3.05) is 18.4 Å². The highest BCUT2D eigenvalue weighted by Gasteiger charge is 2.30. The van der Waals surface area contributed by atoms with Gasteiger partial charge >= 0.3 is 0 Å². The van der Waals surface area contributed by atoms with Crippen LogP contribution >= 0.6 is 11.3 Å². The number of piperidine rings is 1. The highest BCUT2D eigenvalue weighted by atomic mass is 32.1. The van der Waals surface area contributed by atoms with Crippen LogP contribution in [0.3, 0.4) is 0 Å². The highest BCUT2D eigenvalue weighted by Crippen LogP contribution is 2.22. The number of anilines is 1. The maximum absolute atomic E-state index is 12.5. The minimum atomic E-state index is -0.0914. The first-order chi connectivity index (χ1) is 12.2. The van der Waals surface area contributed by atoms with E-state index in [0.29, 0.717) is 16.5 Å². The van der Waals surface area contributed by atoms with Gasteiger partial charge in [-0.25, -0.2) is 0 Å². The molecule has 0 bridgehead atoms. The Balaban J connectivity index is 1.50. The lowest BCUT2D eigenvalue weighted by atomic mass is 9.89. The zero-order valence-corrected chi connectivity index (χ0v) is 15.3.